The highest BCUT2D eigenvalue weighted by Gasteiger charge is 2.37. The van der Waals surface area contributed by atoms with Gasteiger partial charge in [0.25, 0.3) is 0 Å². The molecule has 2 aliphatic rings. The number of nitriles is 1. The van der Waals surface area contributed by atoms with Gasteiger partial charge in [0.15, 0.2) is 0 Å². The van der Waals surface area contributed by atoms with Crippen molar-refractivity contribution in [2.45, 2.75) is 43.8 Å². The molecule has 2 heterocycles. The first-order valence-corrected chi connectivity index (χ1v) is 9.40. The van der Waals surface area contributed by atoms with Gasteiger partial charge in [-0.25, -0.2) is 4.79 Å². The van der Waals surface area contributed by atoms with Gasteiger partial charge >= 0.3 is 5.97 Å². The Kier molecular flexibility index (Phi) is 5.79. The van der Waals surface area contributed by atoms with Crippen LogP contribution in [0.5, 0.6) is 5.75 Å². The number of benzene rings is 1. The van der Waals surface area contributed by atoms with Gasteiger partial charge in [-0.2, -0.15) is 5.26 Å². The zero-order valence-electron chi connectivity index (χ0n) is 14.2. The minimum atomic E-state index is -1.01. The number of likely N-dealkylation sites (tertiary alicyclic amines) is 1. The van der Waals surface area contributed by atoms with Crippen LogP contribution >= 0.6 is 15.9 Å². The Morgan fingerprint density at radius 1 is 1.38 bits per heavy atom. The lowest BCUT2D eigenvalue weighted by Crippen LogP contribution is -2.47. The zero-order chi connectivity index (χ0) is 18.7. The van der Waals surface area contributed by atoms with Crippen molar-refractivity contribution >= 4 is 27.8 Å². The molecule has 2 N–H and O–H groups in total. The van der Waals surface area contributed by atoms with E-state index >= 15 is 0 Å². The molecule has 0 saturated carbocycles. The molecule has 26 heavy (non-hydrogen) atoms. The summed E-state index contributed by atoms with van der Waals surface area (Å²) >= 11 is 3.35. The number of nitrogens with zero attached hydrogens (tertiary/aromatic N) is 2. The van der Waals surface area contributed by atoms with Gasteiger partial charge in [0, 0.05) is 12.6 Å². The van der Waals surface area contributed by atoms with Crippen molar-refractivity contribution in [2.75, 3.05) is 13.2 Å². The van der Waals surface area contributed by atoms with E-state index < -0.39 is 5.97 Å². The van der Waals surface area contributed by atoms with E-state index in [1.807, 2.05) is 0 Å². The summed E-state index contributed by atoms with van der Waals surface area (Å²) in [4.78, 5) is 25.4. The van der Waals surface area contributed by atoms with Crippen molar-refractivity contribution in [3.63, 3.8) is 0 Å². The SMILES string of the molecule is N#C[C@@H]1CCCN1C(=O)[C@H]1CC[C@H](COc2cc(C(=O)O)ccc2Br)N1. The number of hydrogen-bond donors (Lipinski definition) is 2. The largest absolute Gasteiger partial charge is 0.491 e. The van der Waals surface area contributed by atoms with Crippen LogP contribution < -0.4 is 10.1 Å². The van der Waals surface area contributed by atoms with Crippen molar-refractivity contribution in [3.05, 3.63) is 28.2 Å². The lowest BCUT2D eigenvalue weighted by molar-refractivity contribution is -0.133. The molecule has 0 aromatic heterocycles. The van der Waals surface area contributed by atoms with Gasteiger partial charge in [-0.1, -0.05) is 0 Å². The number of amides is 1. The summed E-state index contributed by atoms with van der Waals surface area (Å²) in [6.45, 7) is 0.985. The van der Waals surface area contributed by atoms with Gasteiger partial charge in [0.05, 0.1) is 22.1 Å². The van der Waals surface area contributed by atoms with Crippen molar-refractivity contribution < 1.29 is 19.4 Å². The Balaban J connectivity index is 1.55. The quantitative estimate of drug-likeness (QED) is 0.754. The zero-order valence-corrected chi connectivity index (χ0v) is 15.7. The van der Waals surface area contributed by atoms with Gasteiger partial charge in [-0.15, -0.1) is 0 Å². The monoisotopic (exact) mass is 421 g/mol. The first-order valence-electron chi connectivity index (χ1n) is 8.61. The maximum atomic E-state index is 12.6. The molecule has 0 bridgehead atoms. The van der Waals surface area contributed by atoms with Crippen LogP contribution in [-0.2, 0) is 4.79 Å². The number of carbonyl (C=O) groups is 2. The highest BCUT2D eigenvalue weighted by Crippen LogP contribution is 2.27. The first-order chi connectivity index (χ1) is 12.5. The van der Waals surface area contributed by atoms with E-state index in [4.69, 9.17) is 15.1 Å². The smallest absolute Gasteiger partial charge is 0.335 e. The molecular formula is C18H20BrN3O4. The number of aromatic carboxylic acids is 1. The summed E-state index contributed by atoms with van der Waals surface area (Å²) in [5.74, 6) is -0.555. The molecule has 2 saturated heterocycles. The highest BCUT2D eigenvalue weighted by atomic mass is 79.9. The third-order valence-corrected chi connectivity index (χ3v) is 5.50. The van der Waals surface area contributed by atoms with Gasteiger partial charge in [0.2, 0.25) is 5.91 Å². The summed E-state index contributed by atoms with van der Waals surface area (Å²) in [5, 5.41) is 21.5. The van der Waals surface area contributed by atoms with E-state index in [0.29, 0.717) is 29.8 Å². The molecule has 7 nitrogen and oxygen atoms in total. The molecule has 1 aromatic carbocycles. The fraction of sp³-hybridized carbons (Fsp3) is 0.500. The average molecular weight is 422 g/mol. The molecule has 1 aromatic rings. The lowest BCUT2D eigenvalue weighted by Gasteiger charge is -2.24. The van der Waals surface area contributed by atoms with Crippen LogP contribution in [0.3, 0.4) is 0 Å². The summed E-state index contributed by atoms with van der Waals surface area (Å²) in [6, 6.07) is 6.23. The minimum Gasteiger partial charge on any atom is -0.491 e. The normalized spacial score (nSPS) is 25.1. The van der Waals surface area contributed by atoms with E-state index in [1.165, 1.54) is 12.1 Å². The number of ether oxygens (including phenoxy) is 1. The van der Waals surface area contributed by atoms with Crippen LogP contribution in [0.1, 0.15) is 36.0 Å². The molecule has 0 spiro atoms. The number of carboxylic acid groups (broad SMARTS) is 1. The second kappa shape index (κ2) is 8.06. The number of carbonyl (C=O) groups excluding carboxylic acids is 1. The Labute approximate surface area is 160 Å². The maximum absolute atomic E-state index is 12.6. The molecule has 3 rings (SSSR count). The van der Waals surface area contributed by atoms with E-state index in [0.717, 1.165) is 19.3 Å². The molecular weight excluding hydrogens is 402 g/mol. The van der Waals surface area contributed by atoms with Crippen LogP contribution in [0.15, 0.2) is 22.7 Å². The minimum absolute atomic E-state index is 0.00692. The summed E-state index contributed by atoms with van der Waals surface area (Å²) < 4.78 is 6.44. The van der Waals surface area contributed by atoms with Crippen LogP contribution in [0.4, 0.5) is 0 Å². The van der Waals surface area contributed by atoms with Gasteiger partial charge < -0.3 is 14.7 Å². The molecule has 3 atom stereocenters. The standard InChI is InChI=1S/C18H20BrN3O4/c19-14-5-3-11(18(24)25)8-16(14)26-10-12-4-6-15(21-12)17(23)22-7-1-2-13(22)9-20/h3,5,8,12-13,15,21H,1-2,4,6-7,10H2,(H,24,25)/t12-,13+,15-/m1/s1. The van der Waals surface area contributed by atoms with Crippen LogP contribution in [0, 0.1) is 11.3 Å². The Morgan fingerprint density at radius 2 is 2.19 bits per heavy atom. The number of halogens is 1. The first kappa shape index (κ1) is 18.7. The number of rotatable bonds is 5. The number of carboxylic acids is 1. The van der Waals surface area contributed by atoms with E-state index in [-0.39, 0.29) is 29.6 Å². The highest BCUT2D eigenvalue weighted by molar-refractivity contribution is 9.10. The molecule has 0 unspecified atom stereocenters. The van der Waals surface area contributed by atoms with Crippen molar-refractivity contribution in [2.24, 2.45) is 0 Å². The van der Waals surface area contributed by atoms with Crippen LogP contribution in [0.2, 0.25) is 0 Å². The summed E-state index contributed by atoms with van der Waals surface area (Å²) in [6.07, 6.45) is 3.11. The fourth-order valence-corrected chi connectivity index (χ4v) is 3.81. The number of nitrogens with one attached hydrogen (secondary N) is 1. The summed E-state index contributed by atoms with van der Waals surface area (Å²) in [7, 11) is 0. The van der Waals surface area contributed by atoms with Gasteiger partial charge in [0.1, 0.15) is 18.4 Å². The fourth-order valence-electron chi connectivity index (χ4n) is 3.45. The molecule has 2 fully saturated rings. The summed E-state index contributed by atoms with van der Waals surface area (Å²) in [5.41, 5.74) is 0.159. The second-order valence-electron chi connectivity index (χ2n) is 6.57. The van der Waals surface area contributed by atoms with Crippen molar-refractivity contribution in [1.82, 2.24) is 10.2 Å². The van der Waals surface area contributed by atoms with Crippen molar-refractivity contribution in [3.8, 4) is 11.8 Å². The third kappa shape index (κ3) is 4.00. The molecule has 2 aliphatic heterocycles. The molecule has 1 amide bonds. The molecule has 0 aliphatic carbocycles. The van der Waals surface area contributed by atoms with E-state index in [2.05, 4.69) is 27.3 Å². The van der Waals surface area contributed by atoms with E-state index in [9.17, 15) is 9.59 Å². The predicted molar refractivity (Wildman–Crippen MR) is 96.9 cm³/mol. The predicted octanol–water partition coefficient (Wildman–Crippen LogP) is 2.16. The van der Waals surface area contributed by atoms with Crippen LogP contribution in [0.25, 0.3) is 0 Å². The Hall–Kier alpha value is -2.11. The second-order valence-corrected chi connectivity index (χ2v) is 7.43. The van der Waals surface area contributed by atoms with Gasteiger partial charge in [-0.05, 0) is 59.8 Å². The maximum Gasteiger partial charge on any atom is 0.335 e. The molecule has 138 valence electrons. The van der Waals surface area contributed by atoms with Crippen molar-refractivity contribution in [1.29, 1.82) is 5.26 Å². The lowest BCUT2D eigenvalue weighted by atomic mass is 10.1. The van der Waals surface area contributed by atoms with Gasteiger partial charge in [-0.3, -0.25) is 10.1 Å². The number of hydrogen-bond acceptors (Lipinski definition) is 5. The average Bonchev–Trinajstić information content (AvgIpc) is 3.29. The molecule has 0 radical (unpaired) electrons. The van der Waals surface area contributed by atoms with Crippen LogP contribution in [-0.4, -0.2) is 53.2 Å². The molecule has 8 heteroatoms. The Bertz CT molecular complexity index is 748. The Morgan fingerprint density at radius 3 is 2.92 bits per heavy atom. The third-order valence-electron chi connectivity index (χ3n) is 4.84. The topological polar surface area (TPSA) is 103 Å². The van der Waals surface area contributed by atoms with E-state index in [1.54, 1.807) is 11.0 Å².